The molecule has 0 amide bonds. The van der Waals surface area contributed by atoms with Crippen LogP contribution in [0.5, 0.6) is 0 Å². The Kier molecular flexibility index (Phi) is 5.25. The maximum absolute atomic E-state index is 3.47. The summed E-state index contributed by atoms with van der Waals surface area (Å²) in [7, 11) is 0. The summed E-state index contributed by atoms with van der Waals surface area (Å²) < 4.78 is 1.22. The molecule has 1 unspecified atom stereocenters. The Labute approximate surface area is 61.0 Å². The Hall–Kier alpha value is 1.21. The van der Waals surface area contributed by atoms with Gasteiger partial charge in [-0.1, -0.05) is 45.4 Å². The number of halogens is 2. The lowest BCUT2D eigenvalue weighted by Crippen LogP contribution is -1.93. The fourth-order valence-corrected chi connectivity index (χ4v) is 0.732. The van der Waals surface area contributed by atoms with Crippen LogP contribution in [0.4, 0.5) is 0 Å². The Balaban J connectivity index is 2.75. The van der Waals surface area contributed by atoms with Crippen molar-refractivity contribution in [1.82, 2.24) is 0 Å². The average molecular weight is 263 g/mol. The predicted molar refractivity (Wildman–Crippen MR) is 41.9 cm³/mol. The highest BCUT2D eigenvalue weighted by Gasteiger charge is 1.92. The maximum Gasteiger partial charge on any atom is 0.0232 e. The Morgan fingerprint density at radius 3 is 2.33 bits per heavy atom. The van der Waals surface area contributed by atoms with Gasteiger partial charge in [0.15, 0.2) is 0 Å². The van der Waals surface area contributed by atoms with Crippen molar-refractivity contribution in [2.45, 2.75) is 18.2 Å². The van der Waals surface area contributed by atoms with E-state index >= 15 is 0 Å². The van der Waals surface area contributed by atoms with E-state index in [0.717, 1.165) is 4.83 Å². The Bertz CT molecular complexity index is 26.7. The zero-order valence-electron chi connectivity index (χ0n) is 3.75. The molecular formula is C4H8BrI. The fraction of sp³-hybridized carbons (Fsp3) is 1.00. The third-order valence-corrected chi connectivity index (χ3v) is 3.86. The van der Waals surface area contributed by atoms with Gasteiger partial charge in [0.2, 0.25) is 0 Å². The quantitative estimate of drug-likeness (QED) is 0.530. The van der Waals surface area contributed by atoms with Gasteiger partial charge in [0.1, 0.15) is 0 Å². The zero-order valence-corrected chi connectivity index (χ0v) is 7.49. The van der Waals surface area contributed by atoms with Gasteiger partial charge in [-0.05, 0) is 6.42 Å². The van der Waals surface area contributed by atoms with E-state index in [-0.39, 0.29) is 0 Å². The summed E-state index contributed by atoms with van der Waals surface area (Å²) in [5.74, 6) is 0. The number of hydrogen-bond donors (Lipinski definition) is 0. The van der Waals surface area contributed by atoms with Gasteiger partial charge in [-0.25, -0.2) is 0 Å². The molecule has 0 aliphatic heterocycles. The monoisotopic (exact) mass is 262 g/mol. The molecule has 6 heavy (non-hydrogen) atoms. The van der Waals surface area contributed by atoms with Crippen LogP contribution in [0.25, 0.3) is 0 Å². The Morgan fingerprint density at radius 2 is 2.33 bits per heavy atom. The highest BCUT2D eigenvalue weighted by Crippen LogP contribution is 2.06. The van der Waals surface area contributed by atoms with E-state index in [1.807, 2.05) is 0 Å². The third-order valence-electron chi connectivity index (χ3n) is 0.610. The average Bonchev–Trinajstić information content (AvgIpc) is 1.65. The molecule has 0 saturated carbocycles. The summed E-state index contributed by atoms with van der Waals surface area (Å²) in [4.78, 5) is 0.734. The fourth-order valence-electron chi connectivity index (χ4n) is 0.109. The first-order valence-electron chi connectivity index (χ1n) is 2.01. The van der Waals surface area contributed by atoms with Gasteiger partial charge in [0.05, 0.1) is 0 Å². The minimum atomic E-state index is 0.734. The normalized spacial score (nSPS) is 14.5. The van der Waals surface area contributed by atoms with Gasteiger partial charge in [0.25, 0.3) is 0 Å². The molecule has 0 N–H and O–H groups in total. The second-order valence-corrected chi connectivity index (χ2v) is 3.34. The lowest BCUT2D eigenvalue weighted by atomic mass is 10.4. The van der Waals surface area contributed by atoms with Crippen molar-refractivity contribution in [2.24, 2.45) is 0 Å². The van der Waals surface area contributed by atoms with Crippen LogP contribution in [0.15, 0.2) is 0 Å². The smallest absolute Gasteiger partial charge is 0.0232 e. The number of hydrogen-bond acceptors (Lipinski definition) is 0. The summed E-state index contributed by atoms with van der Waals surface area (Å²) in [6.45, 7) is 2.18. The summed E-state index contributed by atoms with van der Waals surface area (Å²) in [5.41, 5.74) is 0. The van der Waals surface area contributed by atoms with Gasteiger partial charge < -0.3 is 0 Å². The molecule has 0 fully saturated rings. The highest BCUT2D eigenvalue weighted by molar-refractivity contribution is 14.1. The van der Waals surface area contributed by atoms with E-state index in [4.69, 9.17) is 0 Å². The number of rotatable bonds is 2. The molecule has 0 nitrogen and oxygen atoms in total. The molecule has 2 heteroatoms. The molecule has 0 spiro atoms. The first-order chi connectivity index (χ1) is 2.81. The maximum atomic E-state index is 3.47. The molecule has 38 valence electrons. The van der Waals surface area contributed by atoms with Crippen molar-refractivity contribution in [3.8, 4) is 0 Å². The lowest BCUT2D eigenvalue weighted by molar-refractivity contribution is 0.943. The van der Waals surface area contributed by atoms with Gasteiger partial charge in [-0.15, -0.1) is 0 Å². The van der Waals surface area contributed by atoms with Crippen LogP contribution in [0.3, 0.4) is 0 Å². The van der Waals surface area contributed by atoms with E-state index < -0.39 is 0 Å². The largest absolute Gasteiger partial charge is 0.0882 e. The lowest BCUT2D eigenvalue weighted by Gasteiger charge is -1.95. The SMILES string of the molecule is CCC(Br)CI. The molecule has 0 bridgehead atoms. The molecule has 0 aromatic carbocycles. The zero-order chi connectivity index (χ0) is 4.99. The molecule has 0 aliphatic carbocycles. The van der Waals surface area contributed by atoms with Crippen molar-refractivity contribution in [2.75, 3.05) is 4.43 Å². The molecule has 0 heterocycles. The van der Waals surface area contributed by atoms with E-state index in [2.05, 4.69) is 45.4 Å². The molecule has 0 aromatic rings. The molecule has 1 atom stereocenters. The summed E-state index contributed by atoms with van der Waals surface area (Å²) in [5, 5.41) is 0. The third kappa shape index (κ3) is 3.40. The molecule has 0 saturated heterocycles. The summed E-state index contributed by atoms with van der Waals surface area (Å²) in [6.07, 6.45) is 1.24. The standard InChI is InChI=1S/C4H8BrI/c1-2-4(5)3-6/h4H,2-3H2,1H3. The second kappa shape index (κ2) is 4.37. The topological polar surface area (TPSA) is 0 Å². The van der Waals surface area contributed by atoms with E-state index in [1.165, 1.54) is 10.8 Å². The molecule has 0 rings (SSSR count). The van der Waals surface area contributed by atoms with Gasteiger partial charge in [-0.3, -0.25) is 0 Å². The minimum Gasteiger partial charge on any atom is -0.0882 e. The molecule has 0 radical (unpaired) electrons. The first kappa shape index (κ1) is 7.21. The van der Waals surface area contributed by atoms with Crippen LogP contribution in [-0.2, 0) is 0 Å². The van der Waals surface area contributed by atoms with Gasteiger partial charge in [-0.2, -0.15) is 0 Å². The van der Waals surface area contributed by atoms with E-state index in [0.29, 0.717) is 0 Å². The van der Waals surface area contributed by atoms with E-state index in [9.17, 15) is 0 Å². The van der Waals surface area contributed by atoms with Gasteiger partial charge in [0, 0.05) is 9.25 Å². The van der Waals surface area contributed by atoms with Crippen LogP contribution in [0.2, 0.25) is 0 Å². The minimum absolute atomic E-state index is 0.734. The molecular weight excluding hydrogens is 255 g/mol. The van der Waals surface area contributed by atoms with Crippen molar-refractivity contribution in [3.63, 3.8) is 0 Å². The van der Waals surface area contributed by atoms with Crippen LogP contribution >= 0.6 is 38.5 Å². The van der Waals surface area contributed by atoms with Crippen molar-refractivity contribution in [1.29, 1.82) is 0 Å². The van der Waals surface area contributed by atoms with Crippen LogP contribution in [0.1, 0.15) is 13.3 Å². The summed E-state index contributed by atoms with van der Waals surface area (Å²) in [6, 6.07) is 0. The van der Waals surface area contributed by atoms with Crippen molar-refractivity contribution >= 4 is 38.5 Å². The second-order valence-electron chi connectivity index (χ2n) is 1.16. The highest BCUT2D eigenvalue weighted by atomic mass is 127. The van der Waals surface area contributed by atoms with Crippen LogP contribution in [0, 0.1) is 0 Å². The van der Waals surface area contributed by atoms with Crippen LogP contribution < -0.4 is 0 Å². The van der Waals surface area contributed by atoms with E-state index in [1.54, 1.807) is 0 Å². The van der Waals surface area contributed by atoms with Crippen molar-refractivity contribution < 1.29 is 0 Å². The molecule has 0 aliphatic rings. The Morgan fingerprint density at radius 1 is 1.83 bits per heavy atom. The number of alkyl halides is 2. The first-order valence-corrected chi connectivity index (χ1v) is 4.45. The van der Waals surface area contributed by atoms with Crippen LogP contribution in [-0.4, -0.2) is 9.25 Å². The van der Waals surface area contributed by atoms with Gasteiger partial charge >= 0.3 is 0 Å². The predicted octanol–water partition coefficient (Wildman–Crippen LogP) is 2.59. The summed E-state index contributed by atoms with van der Waals surface area (Å²) >= 11 is 5.83. The molecule has 0 aromatic heterocycles. The van der Waals surface area contributed by atoms with Crippen molar-refractivity contribution in [3.05, 3.63) is 0 Å².